The van der Waals surface area contributed by atoms with E-state index in [1.807, 2.05) is 24.3 Å². The van der Waals surface area contributed by atoms with E-state index in [0.29, 0.717) is 19.3 Å². The van der Waals surface area contributed by atoms with Crippen LogP contribution in [0.4, 0.5) is 0 Å². The number of carbonyl (C=O) groups excluding carboxylic acids is 1. The highest BCUT2D eigenvalue weighted by atomic mass is 35.5. The molecule has 0 spiro atoms. The van der Waals surface area contributed by atoms with E-state index in [4.69, 9.17) is 10.8 Å². The summed E-state index contributed by atoms with van der Waals surface area (Å²) in [4.78, 5) is 23.3. The lowest BCUT2D eigenvalue weighted by atomic mass is 9.74. The Kier molecular flexibility index (Phi) is 5.84. The maximum Gasteiger partial charge on any atom is 0.320 e. The zero-order chi connectivity index (χ0) is 14.3. The average Bonchev–Trinajstić information content (AvgIpc) is 3.03. The summed E-state index contributed by atoms with van der Waals surface area (Å²) < 4.78 is 0. The summed E-state index contributed by atoms with van der Waals surface area (Å²) in [7, 11) is 0. The summed E-state index contributed by atoms with van der Waals surface area (Å²) in [6, 6.07) is 7.06. The first-order chi connectivity index (χ1) is 9.55. The van der Waals surface area contributed by atoms with Crippen LogP contribution in [0.5, 0.6) is 0 Å². The Balaban J connectivity index is 0.00000121. The minimum absolute atomic E-state index is 0. The number of carboxylic acid groups (broad SMARTS) is 1. The predicted molar refractivity (Wildman–Crippen MR) is 87.7 cm³/mol. The summed E-state index contributed by atoms with van der Waals surface area (Å²) in [5.41, 5.74) is 7.07. The second-order valence-corrected chi connectivity index (χ2v) is 5.68. The van der Waals surface area contributed by atoms with Crippen LogP contribution >= 0.6 is 24.8 Å². The standard InChI is InChI=1S/C15H18N2O3.2ClH/c16-14(20)15(12-6-5-11(17-12)13(18)19)8-7-9-3-1-2-4-10(9)15;;/h1-4,11-12,17H,5-8H2,(H2,16,20)(H,18,19);2*1H/t11-,12?,15?;;/m0../s1. The molecule has 0 bridgehead atoms. The molecule has 3 atom stereocenters. The minimum atomic E-state index is -0.863. The quantitative estimate of drug-likeness (QED) is 0.771. The van der Waals surface area contributed by atoms with Gasteiger partial charge >= 0.3 is 5.97 Å². The number of aryl methyl sites for hydroxylation is 1. The topological polar surface area (TPSA) is 92.4 Å². The second-order valence-electron chi connectivity index (χ2n) is 5.68. The van der Waals surface area contributed by atoms with Gasteiger partial charge in [0.2, 0.25) is 5.91 Å². The lowest BCUT2D eigenvalue weighted by Crippen LogP contribution is -2.54. The van der Waals surface area contributed by atoms with Crippen molar-refractivity contribution >= 4 is 36.7 Å². The fourth-order valence-electron chi connectivity index (χ4n) is 3.76. The van der Waals surface area contributed by atoms with E-state index < -0.39 is 17.4 Å². The highest BCUT2D eigenvalue weighted by Gasteiger charge is 2.52. The van der Waals surface area contributed by atoms with Crippen LogP contribution in [0, 0.1) is 0 Å². The Morgan fingerprint density at radius 1 is 1.23 bits per heavy atom. The molecular weight excluding hydrogens is 327 g/mol. The Bertz CT molecular complexity index is 582. The van der Waals surface area contributed by atoms with Crippen LogP contribution in [-0.4, -0.2) is 29.1 Å². The van der Waals surface area contributed by atoms with Gasteiger partial charge < -0.3 is 16.2 Å². The molecule has 7 heteroatoms. The Labute approximate surface area is 141 Å². The fourth-order valence-corrected chi connectivity index (χ4v) is 3.76. The van der Waals surface area contributed by atoms with Gasteiger partial charge in [0.15, 0.2) is 0 Å². The van der Waals surface area contributed by atoms with Crippen LogP contribution in [0.3, 0.4) is 0 Å². The third-order valence-corrected chi connectivity index (χ3v) is 4.77. The van der Waals surface area contributed by atoms with Crippen molar-refractivity contribution in [2.45, 2.75) is 43.2 Å². The van der Waals surface area contributed by atoms with Crippen LogP contribution < -0.4 is 11.1 Å². The maximum absolute atomic E-state index is 12.2. The number of carboxylic acids is 1. The molecule has 2 aliphatic rings. The zero-order valence-corrected chi connectivity index (χ0v) is 13.6. The molecule has 0 radical (unpaired) electrons. The number of halogens is 2. The summed E-state index contributed by atoms with van der Waals surface area (Å²) in [5.74, 6) is -1.22. The first-order valence-corrected chi connectivity index (χ1v) is 6.93. The minimum Gasteiger partial charge on any atom is -0.480 e. The van der Waals surface area contributed by atoms with Crippen molar-refractivity contribution in [1.29, 1.82) is 0 Å². The maximum atomic E-state index is 12.2. The van der Waals surface area contributed by atoms with Crippen LogP contribution in [0.2, 0.25) is 0 Å². The van der Waals surface area contributed by atoms with Gasteiger partial charge in [-0.2, -0.15) is 0 Å². The molecule has 1 amide bonds. The van der Waals surface area contributed by atoms with Crippen LogP contribution in [0.25, 0.3) is 0 Å². The van der Waals surface area contributed by atoms with E-state index in [-0.39, 0.29) is 36.8 Å². The van der Waals surface area contributed by atoms with Gasteiger partial charge in [0.25, 0.3) is 0 Å². The van der Waals surface area contributed by atoms with Crippen molar-refractivity contribution < 1.29 is 14.7 Å². The number of primary amides is 1. The zero-order valence-electron chi connectivity index (χ0n) is 12.0. The number of aliphatic carboxylic acids is 1. The third-order valence-electron chi connectivity index (χ3n) is 4.77. The van der Waals surface area contributed by atoms with Gasteiger partial charge in [-0.1, -0.05) is 24.3 Å². The summed E-state index contributed by atoms with van der Waals surface area (Å²) in [6.45, 7) is 0. The predicted octanol–water partition coefficient (Wildman–Crippen LogP) is 1.40. The fraction of sp³-hybridized carbons (Fsp3) is 0.467. The average molecular weight is 347 g/mol. The van der Waals surface area contributed by atoms with Crippen LogP contribution in [0.15, 0.2) is 24.3 Å². The monoisotopic (exact) mass is 346 g/mol. The first-order valence-electron chi connectivity index (χ1n) is 6.93. The molecule has 1 heterocycles. The number of nitrogens with two attached hydrogens (primary N) is 1. The molecule has 0 aromatic heterocycles. The van der Waals surface area contributed by atoms with E-state index in [1.165, 1.54) is 0 Å². The van der Waals surface area contributed by atoms with Crippen LogP contribution in [-0.2, 0) is 21.4 Å². The molecule has 22 heavy (non-hydrogen) atoms. The second kappa shape index (κ2) is 6.86. The molecule has 1 saturated heterocycles. The molecule has 1 aromatic carbocycles. The lowest BCUT2D eigenvalue weighted by molar-refractivity contribution is -0.139. The molecule has 4 N–H and O–H groups in total. The third kappa shape index (κ3) is 2.69. The van der Waals surface area contributed by atoms with E-state index in [9.17, 15) is 9.59 Å². The van der Waals surface area contributed by atoms with Crippen molar-refractivity contribution in [2.75, 3.05) is 0 Å². The summed E-state index contributed by atoms with van der Waals surface area (Å²) >= 11 is 0. The highest BCUT2D eigenvalue weighted by Crippen LogP contribution is 2.44. The largest absolute Gasteiger partial charge is 0.480 e. The van der Waals surface area contributed by atoms with Gasteiger partial charge in [-0.05, 0) is 36.8 Å². The molecule has 3 rings (SSSR count). The molecule has 1 aliphatic carbocycles. The lowest BCUT2D eigenvalue weighted by Gasteiger charge is -2.33. The van der Waals surface area contributed by atoms with Gasteiger partial charge in [0, 0.05) is 6.04 Å². The van der Waals surface area contributed by atoms with E-state index >= 15 is 0 Å². The number of carbonyl (C=O) groups is 2. The van der Waals surface area contributed by atoms with E-state index in [1.54, 1.807) is 0 Å². The van der Waals surface area contributed by atoms with E-state index in [2.05, 4.69) is 5.32 Å². The molecular formula is C15H20Cl2N2O3. The molecule has 0 saturated carbocycles. The van der Waals surface area contributed by atoms with Gasteiger partial charge in [-0.3, -0.25) is 9.59 Å². The Morgan fingerprint density at radius 2 is 1.91 bits per heavy atom. The van der Waals surface area contributed by atoms with Crippen molar-refractivity contribution in [2.24, 2.45) is 5.73 Å². The van der Waals surface area contributed by atoms with Gasteiger partial charge in [-0.15, -0.1) is 24.8 Å². The number of amides is 1. The molecule has 122 valence electrons. The number of rotatable bonds is 3. The normalized spacial score (nSPS) is 29.1. The van der Waals surface area contributed by atoms with E-state index in [0.717, 1.165) is 17.5 Å². The number of fused-ring (bicyclic) bond motifs is 1. The molecule has 2 unspecified atom stereocenters. The van der Waals surface area contributed by atoms with Crippen molar-refractivity contribution in [3.8, 4) is 0 Å². The number of benzene rings is 1. The first kappa shape index (κ1) is 18.7. The highest BCUT2D eigenvalue weighted by molar-refractivity contribution is 5.89. The SMILES string of the molecule is Cl.Cl.NC(=O)C1(C2CC[C@@H](C(=O)O)N2)CCc2ccccc21. The summed E-state index contributed by atoms with van der Waals surface area (Å²) in [6.07, 6.45) is 2.67. The molecule has 1 fully saturated rings. The number of hydrogen-bond acceptors (Lipinski definition) is 3. The number of nitrogens with one attached hydrogen (secondary N) is 1. The Morgan fingerprint density at radius 3 is 2.50 bits per heavy atom. The smallest absolute Gasteiger partial charge is 0.320 e. The van der Waals surface area contributed by atoms with Gasteiger partial charge in [-0.25, -0.2) is 0 Å². The number of hydrogen-bond donors (Lipinski definition) is 3. The van der Waals surface area contributed by atoms with Crippen molar-refractivity contribution in [1.82, 2.24) is 5.32 Å². The molecule has 1 aromatic rings. The van der Waals surface area contributed by atoms with Crippen LogP contribution in [0.1, 0.15) is 30.4 Å². The van der Waals surface area contributed by atoms with Gasteiger partial charge in [0.1, 0.15) is 6.04 Å². The Hall–Kier alpha value is -1.30. The molecule has 5 nitrogen and oxygen atoms in total. The van der Waals surface area contributed by atoms with Crippen molar-refractivity contribution in [3.63, 3.8) is 0 Å². The van der Waals surface area contributed by atoms with Gasteiger partial charge in [0.05, 0.1) is 5.41 Å². The van der Waals surface area contributed by atoms with Crippen molar-refractivity contribution in [3.05, 3.63) is 35.4 Å². The molecule has 1 aliphatic heterocycles. The summed E-state index contributed by atoms with van der Waals surface area (Å²) in [5, 5.41) is 12.2.